The van der Waals surface area contributed by atoms with Gasteiger partial charge in [-0.1, -0.05) is 32.6 Å². The molecule has 3 rings (SSSR count). The van der Waals surface area contributed by atoms with E-state index >= 15 is 0 Å². The van der Waals surface area contributed by atoms with Gasteiger partial charge in [-0.2, -0.15) is 0 Å². The van der Waals surface area contributed by atoms with Gasteiger partial charge in [-0.3, -0.25) is 4.79 Å². The van der Waals surface area contributed by atoms with Crippen LogP contribution in [0.25, 0.3) is 0 Å². The smallest absolute Gasteiger partial charge is 0.310 e. The van der Waals surface area contributed by atoms with Crippen molar-refractivity contribution in [2.45, 2.75) is 64.7 Å². The second-order valence-electron chi connectivity index (χ2n) is 7.05. The highest BCUT2D eigenvalue weighted by molar-refractivity contribution is 5.76. The summed E-state index contributed by atoms with van der Waals surface area (Å²) in [4.78, 5) is 12.0. The highest BCUT2D eigenvalue weighted by Gasteiger charge is 2.59. The zero-order valence-electron chi connectivity index (χ0n) is 11.5. The topological polar surface area (TPSA) is 37.3 Å². The number of aliphatic carboxylic acids is 1. The monoisotopic (exact) mass is 250 g/mol. The first kappa shape index (κ1) is 12.5. The van der Waals surface area contributed by atoms with Crippen LogP contribution in [0.3, 0.4) is 0 Å². The average molecular weight is 250 g/mol. The Labute approximate surface area is 110 Å². The van der Waals surface area contributed by atoms with E-state index < -0.39 is 5.97 Å². The minimum atomic E-state index is -0.463. The molecule has 2 bridgehead atoms. The summed E-state index contributed by atoms with van der Waals surface area (Å²) < 4.78 is 0. The Kier molecular flexibility index (Phi) is 3.15. The quantitative estimate of drug-likeness (QED) is 0.819. The normalized spacial score (nSPS) is 47.4. The van der Waals surface area contributed by atoms with Gasteiger partial charge < -0.3 is 5.11 Å². The lowest BCUT2D eigenvalue weighted by Gasteiger charge is -2.43. The first-order valence-electron chi connectivity index (χ1n) is 7.90. The number of hydrogen-bond acceptors (Lipinski definition) is 1. The van der Waals surface area contributed by atoms with E-state index in [1.165, 1.54) is 51.4 Å². The number of rotatable bonds is 3. The standard InChI is InChI=1S/C16H26O2/c1-2-11-3-6-13(7-4-11)16(15(17)18)10-12-5-8-14(16)9-12/h11-14H,2-10H2,1H3,(H,17,18). The average Bonchev–Trinajstić information content (AvgIpc) is 2.99. The van der Waals surface area contributed by atoms with Crippen LogP contribution in [0.15, 0.2) is 0 Å². The summed E-state index contributed by atoms with van der Waals surface area (Å²) in [7, 11) is 0. The van der Waals surface area contributed by atoms with E-state index in [0.29, 0.717) is 11.8 Å². The molecule has 0 aliphatic heterocycles. The molecule has 2 heteroatoms. The van der Waals surface area contributed by atoms with Crippen LogP contribution >= 0.6 is 0 Å². The molecule has 0 aromatic carbocycles. The molecule has 102 valence electrons. The van der Waals surface area contributed by atoms with E-state index in [2.05, 4.69) is 6.92 Å². The van der Waals surface area contributed by atoms with Crippen LogP contribution in [0, 0.1) is 29.1 Å². The van der Waals surface area contributed by atoms with Crippen molar-refractivity contribution < 1.29 is 9.90 Å². The third-order valence-electron chi connectivity index (χ3n) is 6.45. The lowest BCUT2D eigenvalue weighted by molar-refractivity contribution is -0.158. The molecule has 0 heterocycles. The van der Waals surface area contributed by atoms with E-state index in [4.69, 9.17) is 0 Å². The molecular formula is C16H26O2. The molecule has 2 nitrogen and oxygen atoms in total. The summed E-state index contributed by atoms with van der Waals surface area (Å²) >= 11 is 0. The largest absolute Gasteiger partial charge is 0.481 e. The molecule has 3 aliphatic rings. The van der Waals surface area contributed by atoms with Gasteiger partial charge in [-0.05, 0) is 55.8 Å². The minimum absolute atomic E-state index is 0.318. The lowest BCUT2D eigenvalue weighted by Crippen LogP contribution is -2.44. The molecule has 0 aromatic rings. The molecule has 3 unspecified atom stereocenters. The van der Waals surface area contributed by atoms with E-state index in [9.17, 15) is 9.90 Å². The predicted octanol–water partition coefficient (Wildman–Crippen LogP) is 4.09. The van der Waals surface area contributed by atoms with Crippen molar-refractivity contribution in [1.29, 1.82) is 0 Å². The van der Waals surface area contributed by atoms with Crippen LogP contribution in [0.1, 0.15) is 64.7 Å². The summed E-state index contributed by atoms with van der Waals surface area (Å²) in [6.45, 7) is 2.27. The molecule has 18 heavy (non-hydrogen) atoms. The minimum Gasteiger partial charge on any atom is -0.481 e. The van der Waals surface area contributed by atoms with Crippen LogP contribution < -0.4 is 0 Å². The van der Waals surface area contributed by atoms with Crippen LogP contribution in [0.2, 0.25) is 0 Å². The molecule has 3 aliphatic carbocycles. The van der Waals surface area contributed by atoms with Gasteiger partial charge in [0.05, 0.1) is 5.41 Å². The number of carboxylic acids is 1. The molecule has 0 aromatic heterocycles. The molecule has 0 spiro atoms. The number of carbonyl (C=O) groups is 1. The first-order valence-corrected chi connectivity index (χ1v) is 7.90. The summed E-state index contributed by atoms with van der Waals surface area (Å²) in [5.74, 6) is 2.12. The van der Waals surface area contributed by atoms with Gasteiger partial charge in [-0.25, -0.2) is 0 Å². The number of hydrogen-bond donors (Lipinski definition) is 1. The second kappa shape index (κ2) is 4.54. The van der Waals surface area contributed by atoms with Crippen molar-refractivity contribution >= 4 is 5.97 Å². The maximum absolute atomic E-state index is 12.0. The van der Waals surface area contributed by atoms with Gasteiger partial charge >= 0.3 is 5.97 Å². The summed E-state index contributed by atoms with van der Waals surface area (Å²) in [5.41, 5.74) is -0.318. The maximum Gasteiger partial charge on any atom is 0.310 e. The Hall–Kier alpha value is -0.530. The molecule has 3 atom stereocenters. The van der Waals surface area contributed by atoms with Gasteiger partial charge in [0.25, 0.3) is 0 Å². The third-order valence-corrected chi connectivity index (χ3v) is 6.45. The number of carboxylic acid groups (broad SMARTS) is 1. The van der Waals surface area contributed by atoms with Crippen LogP contribution in [0.4, 0.5) is 0 Å². The van der Waals surface area contributed by atoms with Crippen molar-refractivity contribution in [3.05, 3.63) is 0 Å². The van der Waals surface area contributed by atoms with Crippen molar-refractivity contribution in [2.24, 2.45) is 29.1 Å². The molecule has 0 amide bonds. The van der Waals surface area contributed by atoms with E-state index in [-0.39, 0.29) is 5.41 Å². The van der Waals surface area contributed by atoms with Gasteiger partial charge in [0.2, 0.25) is 0 Å². The summed E-state index contributed by atoms with van der Waals surface area (Å²) in [6, 6.07) is 0. The van der Waals surface area contributed by atoms with Crippen LogP contribution in [-0.2, 0) is 4.79 Å². The first-order chi connectivity index (χ1) is 8.66. The van der Waals surface area contributed by atoms with Crippen molar-refractivity contribution in [2.75, 3.05) is 0 Å². The Morgan fingerprint density at radius 2 is 1.78 bits per heavy atom. The lowest BCUT2D eigenvalue weighted by atomic mass is 9.59. The second-order valence-corrected chi connectivity index (χ2v) is 7.05. The summed E-state index contributed by atoms with van der Waals surface area (Å²) in [6.07, 6.45) is 10.9. The van der Waals surface area contributed by atoms with Gasteiger partial charge in [0.1, 0.15) is 0 Å². The van der Waals surface area contributed by atoms with Crippen LogP contribution in [0.5, 0.6) is 0 Å². The molecular weight excluding hydrogens is 224 g/mol. The Bertz CT molecular complexity index is 330. The molecule has 0 radical (unpaired) electrons. The highest BCUT2D eigenvalue weighted by atomic mass is 16.4. The number of fused-ring (bicyclic) bond motifs is 2. The zero-order valence-corrected chi connectivity index (χ0v) is 11.5. The fraction of sp³-hybridized carbons (Fsp3) is 0.938. The zero-order chi connectivity index (χ0) is 12.8. The van der Waals surface area contributed by atoms with E-state index in [0.717, 1.165) is 18.3 Å². The molecule has 3 fully saturated rings. The predicted molar refractivity (Wildman–Crippen MR) is 71.3 cm³/mol. The Morgan fingerprint density at radius 1 is 1.11 bits per heavy atom. The van der Waals surface area contributed by atoms with Crippen molar-refractivity contribution in [1.82, 2.24) is 0 Å². The SMILES string of the molecule is CCC1CCC(C2(C(=O)O)CC3CCC2C3)CC1. The van der Waals surface area contributed by atoms with E-state index in [1.54, 1.807) is 0 Å². The molecule has 0 saturated heterocycles. The maximum atomic E-state index is 12.0. The molecule has 1 N–H and O–H groups in total. The van der Waals surface area contributed by atoms with Crippen molar-refractivity contribution in [3.63, 3.8) is 0 Å². The Morgan fingerprint density at radius 3 is 2.22 bits per heavy atom. The fourth-order valence-electron chi connectivity index (χ4n) is 5.39. The summed E-state index contributed by atoms with van der Waals surface area (Å²) in [5, 5.41) is 9.86. The van der Waals surface area contributed by atoms with Crippen LogP contribution in [-0.4, -0.2) is 11.1 Å². The highest BCUT2D eigenvalue weighted by Crippen LogP contribution is 2.62. The van der Waals surface area contributed by atoms with E-state index in [1.807, 2.05) is 0 Å². The van der Waals surface area contributed by atoms with Gasteiger partial charge in [-0.15, -0.1) is 0 Å². The molecule has 3 saturated carbocycles. The van der Waals surface area contributed by atoms with Gasteiger partial charge in [0, 0.05) is 0 Å². The fourth-order valence-corrected chi connectivity index (χ4v) is 5.39. The third kappa shape index (κ3) is 1.71. The van der Waals surface area contributed by atoms with Gasteiger partial charge in [0.15, 0.2) is 0 Å². The van der Waals surface area contributed by atoms with Crippen molar-refractivity contribution in [3.8, 4) is 0 Å². The Balaban J connectivity index is 1.78.